The molecule has 0 aromatic heterocycles. The zero-order valence-electron chi connectivity index (χ0n) is 17.1. The molecule has 2 unspecified atom stereocenters. The number of alkyl halides is 3. The fraction of sp³-hybridized carbons (Fsp3) is 0.650. The number of benzene rings is 1. The van der Waals surface area contributed by atoms with Crippen molar-refractivity contribution in [2.24, 2.45) is 17.8 Å². The van der Waals surface area contributed by atoms with Gasteiger partial charge in [0.15, 0.2) is 0 Å². The van der Waals surface area contributed by atoms with Gasteiger partial charge in [0.05, 0.1) is 4.90 Å². The smallest absolute Gasteiger partial charge is 0.406 e. The number of hydrogen-bond acceptors (Lipinski definition) is 4. The molecule has 2 saturated heterocycles. The van der Waals surface area contributed by atoms with Crippen molar-refractivity contribution in [3.63, 3.8) is 0 Å². The Morgan fingerprint density at radius 1 is 1.10 bits per heavy atom. The molecule has 0 spiro atoms. The third-order valence-corrected chi connectivity index (χ3v) is 7.56. The van der Waals surface area contributed by atoms with Gasteiger partial charge in [-0.1, -0.05) is 19.9 Å². The van der Waals surface area contributed by atoms with Gasteiger partial charge in [0.2, 0.25) is 15.9 Å². The Hall–Kier alpha value is -1.81. The lowest BCUT2D eigenvalue weighted by molar-refractivity contribution is -0.274. The first-order chi connectivity index (χ1) is 14.0. The third kappa shape index (κ3) is 5.46. The number of hydrogen-bond donors (Lipinski definition) is 0. The van der Waals surface area contributed by atoms with Crippen LogP contribution in [0.2, 0.25) is 0 Å². The van der Waals surface area contributed by atoms with Gasteiger partial charge in [-0.2, -0.15) is 4.31 Å². The number of carbonyl (C=O) groups is 1. The van der Waals surface area contributed by atoms with Crippen molar-refractivity contribution in [3.05, 3.63) is 24.3 Å². The number of amides is 1. The molecule has 2 aliphatic heterocycles. The van der Waals surface area contributed by atoms with Crippen LogP contribution in [-0.4, -0.2) is 56.1 Å². The Labute approximate surface area is 175 Å². The molecule has 30 heavy (non-hydrogen) atoms. The van der Waals surface area contributed by atoms with Crippen LogP contribution in [0, 0.1) is 17.8 Å². The monoisotopic (exact) mass is 448 g/mol. The van der Waals surface area contributed by atoms with E-state index in [1.165, 1.54) is 16.4 Å². The van der Waals surface area contributed by atoms with Gasteiger partial charge >= 0.3 is 6.36 Å². The summed E-state index contributed by atoms with van der Waals surface area (Å²) in [5.41, 5.74) is 0. The zero-order chi connectivity index (χ0) is 22.1. The van der Waals surface area contributed by atoms with E-state index < -0.39 is 22.1 Å². The standard InChI is InChI=1S/C20H27F3N2O4S/c1-14-10-15(2)13-24(12-14)19(26)16-6-8-25(9-7-16)30(27,28)18-5-3-4-17(11-18)29-20(21,22)23/h3-5,11,14-16H,6-10,12-13H2,1-2H3. The summed E-state index contributed by atoms with van der Waals surface area (Å²) in [6.45, 7) is 6.02. The molecular weight excluding hydrogens is 421 g/mol. The summed E-state index contributed by atoms with van der Waals surface area (Å²) in [6.07, 6.45) is -3.01. The van der Waals surface area contributed by atoms with Gasteiger partial charge in [-0.3, -0.25) is 4.79 Å². The second-order valence-corrected chi connectivity index (χ2v) is 10.3. The van der Waals surface area contributed by atoms with Crippen LogP contribution in [0.15, 0.2) is 29.2 Å². The number of nitrogens with zero attached hydrogens (tertiary/aromatic N) is 2. The van der Waals surface area contributed by atoms with Gasteiger partial charge in [0, 0.05) is 38.2 Å². The number of sulfonamides is 1. The lowest BCUT2D eigenvalue weighted by Gasteiger charge is -2.39. The second kappa shape index (κ2) is 8.74. The summed E-state index contributed by atoms with van der Waals surface area (Å²) in [5, 5.41) is 0. The molecule has 0 bridgehead atoms. The summed E-state index contributed by atoms with van der Waals surface area (Å²) in [5.74, 6) is 0.163. The molecule has 0 aliphatic carbocycles. The first kappa shape index (κ1) is 22.9. The molecule has 2 fully saturated rings. The van der Waals surface area contributed by atoms with Gasteiger partial charge in [0.25, 0.3) is 0 Å². The summed E-state index contributed by atoms with van der Waals surface area (Å²) in [7, 11) is -3.97. The number of piperidine rings is 2. The first-order valence-corrected chi connectivity index (χ1v) is 11.5. The number of ether oxygens (including phenoxy) is 1. The molecule has 0 saturated carbocycles. The molecule has 2 atom stereocenters. The van der Waals surface area contributed by atoms with Crippen LogP contribution < -0.4 is 4.74 Å². The van der Waals surface area contributed by atoms with Crippen LogP contribution in [-0.2, 0) is 14.8 Å². The van der Waals surface area contributed by atoms with Gasteiger partial charge in [-0.05, 0) is 43.2 Å². The van der Waals surface area contributed by atoms with E-state index in [1.807, 2.05) is 4.90 Å². The van der Waals surface area contributed by atoms with Crippen LogP contribution >= 0.6 is 0 Å². The Kier molecular flexibility index (Phi) is 6.66. The van der Waals surface area contributed by atoms with E-state index in [0.29, 0.717) is 24.7 Å². The molecule has 0 radical (unpaired) electrons. The van der Waals surface area contributed by atoms with E-state index in [1.54, 1.807) is 0 Å². The maximum absolute atomic E-state index is 12.9. The zero-order valence-corrected chi connectivity index (χ0v) is 17.9. The van der Waals surface area contributed by atoms with Gasteiger partial charge in [-0.15, -0.1) is 13.2 Å². The van der Waals surface area contributed by atoms with Crippen LogP contribution in [0.1, 0.15) is 33.1 Å². The summed E-state index contributed by atoms with van der Waals surface area (Å²) in [4.78, 5) is 14.5. The summed E-state index contributed by atoms with van der Waals surface area (Å²) >= 11 is 0. The number of halogens is 3. The minimum Gasteiger partial charge on any atom is -0.406 e. The fourth-order valence-electron chi connectivity index (χ4n) is 4.43. The van der Waals surface area contributed by atoms with E-state index in [-0.39, 0.29) is 29.8 Å². The van der Waals surface area contributed by atoms with Gasteiger partial charge in [0.1, 0.15) is 5.75 Å². The maximum atomic E-state index is 12.9. The van der Waals surface area contributed by atoms with Crippen LogP contribution in [0.25, 0.3) is 0 Å². The largest absolute Gasteiger partial charge is 0.573 e. The quantitative estimate of drug-likeness (QED) is 0.707. The van der Waals surface area contributed by atoms with Crippen LogP contribution in [0.3, 0.4) is 0 Å². The van der Waals surface area contributed by atoms with Crippen LogP contribution in [0.5, 0.6) is 5.75 Å². The predicted molar refractivity (Wildman–Crippen MR) is 104 cm³/mol. The van der Waals surface area contributed by atoms with Crippen molar-refractivity contribution in [1.82, 2.24) is 9.21 Å². The van der Waals surface area contributed by atoms with Crippen molar-refractivity contribution >= 4 is 15.9 Å². The highest BCUT2D eigenvalue weighted by molar-refractivity contribution is 7.89. The molecule has 1 aromatic rings. The molecule has 1 aromatic carbocycles. The molecule has 2 aliphatic rings. The number of rotatable bonds is 4. The molecule has 10 heteroatoms. The molecule has 1 amide bonds. The topological polar surface area (TPSA) is 66.9 Å². The Morgan fingerprint density at radius 3 is 2.27 bits per heavy atom. The SMILES string of the molecule is CC1CC(C)CN(C(=O)C2CCN(S(=O)(=O)c3cccc(OC(F)(F)F)c3)CC2)C1. The minimum absolute atomic E-state index is 0.0750. The first-order valence-electron chi connectivity index (χ1n) is 10.1. The highest BCUT2D eigenvalue weighted by Crippen LogP contribution is 2.30. The van der Waals surface area contributed by atoms with Crippen molar-refractivity contribution in [3.8, 4) is 5.75 Å². The van der Waals surface area contributed by atoms with E-state index in [9.17, 15) is 26.4 Å². The van der Waals surface area contributed by atoms with Crippen molar-refractivity contribution in [2.45, 2.75) is 44.4 Å². The average Bonchev–Trinajstić information content (AvgIpc) is 2.65. The highest BCUT2D eigenvalue weighted by atomic mass is 32.2. The third-order valence-electron chi connectivity index (χ3n) is 5.66. The number of carbonyl (C=O) groups excluding carboxylic acids is 1. The van der Waals surface area contributed by atoms with E-state index in [0.717, 1.165) is 31.6 Å². The maximum Gasteiger partial charge on any atom is 0.573 e. The molecule has 6 nitrogen and oxygen atoms in total. The van der Waals surface area contributed by atoms with Gasteiger partial charge in [-0.25, -0.2) is 8.42 Å². The highest BCUT2D eigenvalue weighted by Gasteiger charge is 2.36. The van der Waals surface area contributed by atoms with Crippen molar-refractivity contribution in [2.75, 3.05) is 26.2 Å². The fourth-order valence-corrected chi connectivity index (χ4v) is 5.93. The van der Waals surface area contributed by atoms with Crippen LogP contribution in [0.4, 0.5) is 13.2 Å². The minimum atomic E-state index is -4.90. The Morgan fingerprint density at radius 2 is 1.70 bits per heavy atom. The molecule has 0 N–H and O–H groups in total. The van der Waals surface area contributed by atoms with E-state index >= 15 is 0 Å². The van der Waals surface area contributed by atoms with Crippen molar-refractivity contribution in [1.29, 1.82) is 0 Å². The van der Waals surface area contributed by atoms with E-state index in [2.05, 4.69) is 18.6 Å². The average molecular weight is 449 g/mol. The molecular formula is C20H27F3N2O4S. The lowest BCUT2D eigenvalue weighted by Crippen LogP contribution is -2.48. The summed E-state index contributed by atoms with van der Waals surface area (Å²) < 4.78 is 68.1. The Bertz CT molecular complexity index is 857. The predicted octanol–water partition coefficient (Wildman–Crippen LogP) is 3.49. The Balaban J connectivity index is 1.64. The molecule has 2 heterocycles. The van der Waals surface area contributed by atoms with Gasteiger partial charge < -0.3 is 9.64 Å². The normalized spacial score (nSPS) is 24.6. The van der Waals surface area contributed by atoms with Crippen molar-refractivity contribution < 1.29 is 31.1 Å². The van der Waals surface area contributed by atoms with E-state index in [4.69, 9.17) is 0 Å². The summed E-state index contributed by atoms with van der Waals surface area (Å²) in [6, 6.07) is 4.38. The lowest BCUT2D eigenvalue weighted by atomic mass is 9.89. The number of likely N-dealkylation sites (tertiary alicyclic amines) is 1. The molecule has 168 valence electrons. The molecule has 3 rings (SSSR count). The second-order valence-electron chi connectivity index (χ2n) is 8.39.